The average Bonchev–Trinajstić information content (AvgIpc) is 2.94. The standard InChI is InChI=1S/C12H14BrN3O2S/c1-14-11(8-6-15-19-16-8)7-4-5-9(17-2)10(13)12(7)18-3/h4-6,11,14H,1-3H3. The van der Waals surface area contributed by atoms with E-state index in [1.807, 2.05) is 19.2 Å². The van der Waals surface area contributed by atoms with Gasteiger partial charge in [-0.15, -0.1) is 0 Å². The summed E-state index contributed by atoms with van der Waals surface area (Å²) in [6, 6.07) is 3.78. The summed E-state index contributed by atoms with van der Waals surface area (Å²) in [5, 5.41) is 3.22. The van der Waals surface area contributed by atoms with Crippen LogP contribution in [0.2, 0.25) is 0 Å². The van der Waals surface area contributed by atoms with Crippen molar-refractivity contribution in [3.8, 4) is 11.5 Å². The normalized spacial score (nSPS) is 12.2. The van der Waals surface area contributed by atoms with Gasteiger partial charge < -0.3 is 14.8 Å². The number of nitrogens with zero attached hydrogens (tertiary/aromatic N) is 2. The molecular formula is C12H14BrN3O2S. The van der Waals surface area contributed by atoms with Crippen molar-refractivity contribution in [3.63, 3.8) is 0 Å². The Morgan fingerprint density at radius 1 is 1.32 bits per heavy atom. The van der Waals surface area contributed by atoms with Gasteiger partial charge in [-0.2, -0.15) is 8.75 Å². The minimum Gasteiger partial charge on any atom is -0.495 e. The first-order valence-corrected chi connectivity index (χ1v) is 7.10. The van der Waals surface area contributed by atoms with Crippen molar-refractivity contribution < 1.29 is 9.47 Å². The molecule has 7 heteroatoms. The van der Waals surface area contributed by atoms with E-state index in [0.29, 0.717) is 0 Å². The molecule has 19 heavy (non-hydrogen) atoms. The molecule has 102 valence electrons. The van der Waals surface area contributed by atoms with Gasteiger partial charge in [0.05, 0.1) is 43.9 Å². The molecule has 5 nitrogen and oxygen atoms in total. The summed E-state index contributed by atoms with van der Waals surface area (Å²) in [4.78, 5) is 0. The molecule has 0 saturated heterocycles. The maximum absolute atomic E-state index is 5.49. The van der Waals surface area contributed by atoms with E-state index in [1.54, 1.807) is 20.4 Å². The maximum Gasteiger partial charge on any atom is 0.141 e. The number of aromatic nitrogens is 2. The quantitative estimate of drug-likeness (QED) is 0.904. The van der Waals surface area contributed by atoms with Gasteiger partial charge in [-0.25, -0.2) is 0 Å². The monoisotopic (exact) mass is 343 g/mol. The van der Waals surface area contributed by atoms with Gasteiger partial charge in [-0.05, 0) is 35.1 Å². The Kier molecular flexibility index (Phi) is 4.73. The molecule has 1 unspecified atom stereocenters. The highest BCUT2D eigenvalue weighted by molar-refractivity contribution is 9.10. The molecule has 0 aliphatic heterocycles. The van der Waals surface area contributed by atoms with Crippen LogP contribution in [0, 0.1) is 0 Å². The molecule has 2 aromatic rings. The molecule has 0 saturated carbocycles. The minimum absolute atomic E-state index is 0.0732. The number of hydrogen-bond acceptors (Lipinski definition) is 6. The average molecular weight is 344 g/mol. The first kappa shape index (κ1) is 14.2. The first-order chi connectivity index (χ1) is 9.22. The maximum atomic E-state index is 5.49. The summed E-state index contributed by atoms with van der Waals surface area (Å²) in [6.07, 6.45) is 1.75. The predicted molar refractivity (Wildman–Crippen MR) is 78.1 cm³/mol. The Hall–Kier alpha value is -1.18. The second kappa shape index (κ2) is 6.31. The van der Waals surface area contributed by atoms with E-state index in [9.17, 15) is 0 Å². The molecule has 1 aromatic heterocycles. The van der Waals surface area contributed by atoms with Crippen LogP contribution in [0.1, 0.15) is 17.3 Å². The number of nitrogens with one attached hydrogen (secondary N) is 1. The summed E-state index contributed by atoms with van der Waals surface area (Å²) in [7, 11) is 5.13. The van der Waals surface area contributed by atoms with Gasteiger partial charge in [-0.1, -0.05) is 0 Å². The van der Waals surface area contributed by atoms with E-state index in [0.717, 1.165) is 27.2 Å². The van der Waals surface area contributed by atoms with Gasteiger partial charge in [-0.3, -0.25) is 0 Å². The molecule has 1 N–H and O–H groups in total. The number of rotatable bonds is 5. The smallest absolute Gasteiger partial charge is 0.141 e. The fourth-order valence-electron chi connectivity index (χ4n) is 1.91. The highest BCUT2D eigenvalue weighted by atomic mass is 79.9. The molecule has 2 rings (SSSR count). The fraction of sp³-hybridized carbons (Fsp3) is 0.333. The van der Waals surface area contributed by atoms with E-state index >= 15 is 0 Å². The van der Waals surface area contributed by atoms with Gasteiger partial charge in [0.1, 0.15) is 16.0 Å². The van der Waals surface area contributed by atoms with Gasteiger partial charge in [0.25, 0.3) is 0 Å². The van der Waals surface area contributed by atoms with Crippen molar-refractivity contribution in [1.82, 2.24) is 14.1 Å². The molecule has 1 atom stereocenters. The number of hydrogen-bond donors (Lipinski definition) is 1. The third-order valence-corrected chi connectivity index (χ3v) is 4.03. The van der Waals surface area contributed by atoms with Crippen LogP contribution in [-0.2, 0) is 0 Å². The van der Waals surface area contributed by atoms with Crippen molar-refractivity contribution in [2.24, 2.45) is 0 Å². The second-order valence-corrected chi connectivity index (χ2v) is 5.11. The number of methoxy groups -OCH3 is 2. The van der Waals surface area contributed by atoms with Gasteiger partial charge >= 0.3 is 0 Å². The van der Waals surface area contributed by atoms with Crippen molar-refractivity contribution in [2.75, 3.05) is 21.3 Å². The number of halogens is 1. The molecule has 0 aliphatic rings. The lowest BCUT2D eigenvalue weighted by Crippen LogP contribution is -2.19. The summed E-state index contributed by atoms with van der Waals surface area (Å²) >= 11 is 4.69. The van der Waals surface area contributed by atoms with Crippen LogP contribution in [0.4, 0.5) is 0 Å². The van der Waals surface area contributed by atoms with E-state index in [4.69, 9.17) is 9.47 Å². The topological polar surface area (TPSA) is 56.3 Å². The lowest BCUT2D eigenvalue weighted by molar-refractivity contribution is 0.383. The minimum atomic E-state index is -0.0732. The Morgan fingerprint density at radius 3 is 2.63 bits per heavy atom. The van der Waals surface area contributed by atoms with Crippen molar-refractivity contribution in [3.05, 3.63) is 34.1 Å². The van der Waals surface area contributed by atoms with Crippen LogP contribution in [0.3, 0.4) is 0 Å². The largest absolute Gasteiger partial charge is 0.495 e. The van der Waals surface area contributed by atoms with Crippen LogP contribution >= 0.6 is 27.7 Å². The zero-order valence-electron chi connectivity index (χ0n) is 10.8. The highest BCUT2D eigenvalue weighted by Gasteiger charge is 2.22. The third-order valence-electron chi connectivity index (χ3n) is 2.79. The molecule has 0 bridgehead atoms. The van der Waals surface area contributed by atoms with Crippen LogP contribution in [0.25, 0.3) is 0 Å². The first-order valence-electron chi connectivity index (χ1n) is 5.58. The molecule has 0 amide bonds. The second-order valence-electron chi connectivity index (χ2n) is 3.76. The summed E-state index contributed by atoms with van der Waals surface area (Å²) < 4.78 is 19.9. The van der Waals surface area contributed by atoms with E-state index in [1.165, 1.54) is 11.7 Å². The molecule has 0 spiro atoms. The molecule has 0 aliphatic carbocycles. The van der Waals surface area contributed by atoms with Crippen molar-refractivity contribution >= 4 is 27.7 Å². The SMILES string of the molecule is CNC(c1cnsn1)c1ccc(OC)c(Br)c1OC. The molecule has 0 radical (unpaired) electrons. The predicted octanol–water partition coefficient (Wildman–Crippen LogP) is 2.63. The number of ether oxygens (including phenoxy) is 2. The van der Waals surface area contributed by atoms with Gasteiger partial charge in [0, 0.05) is 5.56 Å². The van der Waals surface area contributed by atoms with Crippen molar-refractivity contribution in [2.45, 2.75) is 6.04 Å². The van der Waals surface area contributed by atoms with E-state index in [-0.39, 0.29) is 6.04 Å². The van der Waals surface area contributed by atoms with Crippen molar-refractivity contribution in [1.29, 1.82) is 0 Å². The van der Waals surface area contributed by atoms with Gasteiger partial charge in [0.15, 0.2) is 0 Å². The zero-order chi connectivity index (χ0) is 13.8. The lowest BCUT2D eigenvalue weighted by atomic mass is 10.0. The van der Waals surface area contributed by atoms with E-state index in [2.05, 4.69) is 30.0 Å². The van der Waals surface area contributed by atoms with Crippen LogP contribution in [0.5, 0.6) is 11.5 Å². The summed E-state index contributed by atoms with van der Waals surface area (Å²) in [5.41, 5.74) is 1.84. The Balaban J connectivity index is 2.52. The van der Waals surface area contributed by atoms with Crippen LogP contribution < -0.4 is 14.8 Å². The highest BCUT2D eigenvalue weighted by Crippen LogP contribution is 2.40. The molecule has 1 aromatic carbocycles. The molecule has 0 fully saturated rings. The number of benzene rings is 1. The Bertz CT molecular complexity index is 548. The molecule has 1 heterocycles. The van der Waals surface area contributed by atoms with Crippen LogP contribution in [0.15, 0.2) is 22.8 Å². The Morgan fingerprint density at radius 2 is 2.11 bits per heavy atom. The summed E-state index contributed by atoms with van der Waals surface area (Å²) in [6.45, 7) is 0. The van der Waals surface area contributed by atoms with E-state index < -0.39 is 0 Å². The fourth-order valence-corrected chi connectivity index (χ4v) is 3.04. The van der Waals surface area contributed by atoms with Crippen LogP contribution in [-0.4, -0.2) is 30.0 Å². The lowest BCUT2D eigenvalue weighted by Gasteiger charge is -2.19. The third kappa shape index (κ3) is 2.72. The summed E-state index contributed by atoms with van der Waals surface area (Å²) in [5.74, 6) is 1.46. The molecular weight excluding hydrogens is 330 g/mol. The van der Waals surface area contributed by atoms with Gasteiger partial charge in [0.2, 0.25) is 0 Å². The zero-order valence-corrected chi connectivity index (χ0v) is 13.2. The Labute approximate surface area is 124 Å².